The van der Waals surface area contributed by atoms with E-state index in [0.717, 1.165) is 17.9 Å². The molecule has 0 rings (SSSR count). The quantitative estimate of drug-likeness (QED) is 0.672. The summed E-state index contributed by atoms with van der Waals surface area (Å²) in [7, 11) is 0. The van der Waals surface area contributed by atoms with Gasteiger partial charge in [0, 0.05) is 0 Å². The molecule has 0 aliphatic rings. The van der Waals surface area contributed by atoms with Crippen molar-refractivity contribution < 1.29 is 9.90 Å². The smallest absolute Gasteiger partial charge is 0.316 e. The highest BCUT2D eigenvalue weighted by molar-refractivity contribution is 8.00. The molecule has 0 bridgehead atoms. The van der Waals surface area contributed by atoms with E-state index in [-0.39, 0.29) is 11.2 Å². The Hall–Kier alpha value is 0.170. The van der Waals surface area contributed by atoms with Crippen LogP contribution in [-0.2, 0) is 4.79 Å². The van der Waals surface area contributed by atoms with Gasteiger partial charge in [0.15, 0.2) is 0 Å². The molecular weight excluding hydrogens is 204 g/mol. The number of hydrogen-bond donors (Lipinski definition) is 1. The largest absolute Gasteiger partial charge is 0.480 e. The topological polar surface area (TPSA) is 37.3 Å². The lowest BCUT2D eigenvalue weighted by Crippen LogP contribution is -2.22. The third-order valence-electron chi connectivity index (χ3n) is 1.64. The van der Waals surface area contributed by atoms with E-state index in [4.69, 9.17) is 5.11 Å². The van der Waals surface area contributed by atoms with Gasteiger partial charge in [0.2, 0.25) is 0 Å². The molecule has 0 aromatic heterocycles. The molecule has 0 aromatic carbocycles. The van der Waals surface area contributed by atoms with Gasteiger partial charge in [0.25, 0.3) is 0 Å². The van der Waals surface area contributed by atoms with Gasteiger partial charge in [-0.15, -0.1) is 11.8 Å². The fraction of sp³-hybridized carbons (Fsp3) is 0.889. The second kappa shape index (κ2) is 7.56. The summed E-state index contributed by atoms with van der Waals surface area (Å²) in [4.78, 5) is 10.8. The van der Waals surface area contributed by atoms with Crippen LogP contribution in [0, 0.1) is 5.92 Å². The first-order valence-corrected chi connectivity index (χ1v) is 6.87. The number of aliphatic carboxylic acids is 1. The van der Waals surface area contributed by atoms with Crippen LogP contribution >= 0.6 is 23.5 Å². The van der Waals surface area contributed by atoms with Crippen LogP contribution in [0.25, 0.3) is 0 Å². The fourth-order valence-corrected chi connectivity index (χ4v) is 2.67. The molecule has 78 valence electrons. The molecule has 0 aromatic rings. The third-order valence-corrected chi connectivity index (χ3v) is 3.97. The summed E-state index contributed by atoms with van der Waals surface area (Å²) in [5.41, 5.74) is 0. The van der Waals surface area contributed by atoms with Crippen LogP contribution in [0.5, 0.6) is 0 Å². The lowest BCUT2D eigenvalue weighted by atomic mass is 10.1. The van der Waals surface area contributed by atoms with E-state index in [9.17, 15) is 4.79 Å². The molecule has 0 aliphatic heterocycles. The zero-order chi connectivity index (χ0) is 10.3. The van der Waals surface area contributed by atoms with Crippen molar-refractivity contribution in [3.8, 4) is 0 Å². The molecule has 1 unspecified atom stereocenters. The molecule has 1 atom stereocenters. The van der Waals surface area contributed by atoms with E-state index in [2.05, 4.69) is 6.26 Å². The van der Waals surface area contributed by atoms with E-state index in [1.165, 1.54) is 0 Å². The zero-order valence-corrected chi connectivity index (χ0v) is 10.1. The van der Waals surface area contributed by atoms with Crippen molar-refractivity contribution in [1.82, 2.24) is 0 Å². The van der Waals surface area contributed by atoms with Crippen molar-refractivity contribution in [3.63, 3.8) is 0 Å². The molecule has 0 heterocycles. The van der Waals surface area contributed by atoms with Crippen LogP contribution in [-0.4, -0.2) is 34.1 Å². The molecule has 0 saturated carbocycles. The molecule has 0 spiro atoms. The Labute approximate surface area is 88.9 Å². The lowest BCUT2D eigenvalue weighted by molar-refractivity contribution is -0.137. The molecule has 2 nitrogen and oxygen atoms in total. The van der Waals surface area contributed by atoms with Gasteiger partial charge in [-0.05, 0) is 30.1 Å². The number of carboxylic acid groups (broad SMARTS) is 1. The van der Waals surface area contributed by atoms with Crippen molar-refractivity contribution >= 4 is 29.5 Å². The third kappa shape index (κ3) is 6.27. The second-order valence-electron chi connectivity index (χ2n) is 3.22. The maximum Gasteiger partial charge on any atom is 0.316 e. The predicted octanol–water partition coefficient (Wildman–Crippen LogP) is 2.58. The van der Waals surface area contributed by atoms with Crippen molar-refractivity contribution in [3.05, 3.63) is 0 Å². The Bertz CT molecular complexity index is 149. The molecular formula is C9H18O2S2. The Kier molecular flexibility index (Phi) is 7.66. The van der Waals surface area contributed by atoms with Crippen molar-refractivity contribution in [2.24, 2.45) is 5.92 Å². The van der Waals surface area contributed by atoms with E-state index in [1.54, 1.807) is 11.8 Å². The summed E-state index contributed by atoms with van der Waals surface area (Å²) >= 11 is 3.37. The SMILES string of the molecule is CSCCCSC(C(=O)O)C(C)C. The van der Waals surface area contributed by atoms with Crippen molar-refractivity contribution in [1.29, 1.82) is 0 Å². The van der Waals surface area contributed by atoms with Gasteiger partial charge in [-0.25, -0.2) is 0 Å². The van der Waals surface area contributed by atoms with Gasteiger partial charge >= 0.3 is 5.97 Å². The minimum atomic E-state index is -0.677. The summed E-state index contributed by atoms with van der Waals surface area (Å²) in [6, 6.07) is 0. The van der Waals surface area contributed by atoms with Crippen molar-refractivity contribution in [2.75, 3.05) is 17.8 Å². The first-order valence-electron chi connectivity index (χ1n) is 4.43. The maximum atomic E-state index is 10.8. The van der Waals surface area contributed by atoms with Crippen LogP contribution < -0.4 is 0 Å². The Balaban J connectivity index is 3.64. The standard InChI is InChI=1S/C9H18O2S2/c1-7(2)8(9(10)11)13-6-4-5-12-3/h7-8H,4-6H2,1-3H3,(H,10,11). The zero-order valence-electron chi connectivity index (χ0n) is 8.45. The number of carbonyl (C=O) groups is 1. The molecule has 0 saturated heterocycles. The minimum absolute atomic E-state index is 0.219. The summed E-state index contributed by atoms with van der Waals surface area (Å²) in [5.74, 6) is 1.62. The van der Waals surface area contributed by atoms with E-state index >= 15 is 0 Å². The molecule has 0 amide bonds. The summed E-state index contributed by atoms with van der Waals surface area (Å²) in [5, 5.41) is 8.64. The normalized spacial score (nSPS) is 13.2. The highest BCUT2D eigenvalue weighted by Crippen LogP contribution is 2.20. The monoisotopic (exact) mass is 222 g/mol. The highest BCUT2D eigenvalue weighted by Gasteiger charge is 2.20. The fourth-order valence-electron chi connectivity index (χ4n) is 0.962. The van der Waals surface area contributed by atoms with E-state index in [0.29, 0.717) is 0 Å². The number of thioether (sulfide) groups is 2. The average molecular weight is 222 g/mol. The van der Waals surface area contributed by atoms with Gasteiger partial charge in [-0.3, -0.25) is 4.79 Å². The van der Waals surface area contributed by atoms with Crippen molar-refractivity contribution in [2.45, 2.75) is 25.5 Å². The van der Waals surface area contributed by atoms with E-state index < -0.39 is 5.97 Å². The van der Waals surface area contributed by atoms with Gasteiger partial charge < -0.3 is 5.11 Å². The summed E-state index contributed by atoms with van der Waals surface area (Å²) in [6.07, 6.45) is 3.17. The summed E-state index contributed by atoms with van der Waals surface area (Å²) < 4.78 is 0. The van der Waals surface area contributed by atoms with Crippen LogP contribution in [0.3, 0.4) is 0 Å². The Morgan fingerprint density at radius 3 is 2.38 bits per heavy atom. The predicted molar refractivity (Wildman–Crippen MR) is 61.7 cm³/mol. The molecule has 0 radical (unpaired) electrons. The highest BCUT2D eigenvalue weighted by atomic mass is 32.2. The average Bonchev–Trinajstić information content (AvgIpc) is 2.02. The number of rotatable bonds is 7. The van der Waals surface area contributed by atoms with Crippen LogP contribution in [0.1, 0.15) is 20.3 Å². The molecule has 0 fully saturated rings. The Morgan fingerprint density at radius 2 is 2.00 bits per heavy atom. The Morgan fingerprint density at radius 1 is 1.38 bits per heavy atom. The molecule has 1 N–H and O–H groups in total. The molecule has 0 aliphatic carbocycles. The maximum absolute atomic E-state index is 10.8. The van der Waals surface area contributed by atoms with Gasteiger partial charge in [-0.1, -0.05) is 13.8 Å². The second-order valence-corrected chi connectivity index (χ2v) is 5.46. The first-order chi connectivity index (χ1) is 6.09. The minimum Gasteiger partial charge on any atom is -0.480 e. The molecule has 13 heavy (non-hydrogen) atoms. The van der Waals surface area contributed by atoms with Crippen LogP contribution in [0.2, 0.25) is 0 Å². The van der Waals surface area contributed by atoms with E-state index in [1.807, 2.05) is 25.6 Å². The van der Waals surface area contributed by atoms with Gasteiger partial charge in [0.1, 0.15) is 5.25 Å². The molecule has 4 heteroatoms. The van der Waals surface area contributed by atoms with Crippen LogP contribution in [0.4, 0.5) is 0 Å². The lowest BCUT2D eigenvalue weighted by Gasteiger charge is -2.14. The van der Waals surface area contributed by atoms with Gasteiger partial charge in [-0.2, -0.15) is 11.8 Å². The van der Waals surface area contributed by atoms with Crippen LogP contribution in [0.15, 0.2) is 0 Å². The summed E-state index contributed by atoms with van der Waals surface area (Å²) in [6.45, 7) is 3.92. The van der Waals surface area contributed by atoms with Gasteiger partial charge in [0.05, 0.1) is 0 Å². The number of hydrogen-bond acceptors (Lipinski definition) is 3. The number of carboxylic acids is 1. The first kappa shape index (κ1) is 13.2.